The lowest BCUT2D eigenvalue weighted by Crippen LogP contribution is -2.16. The molecule has 5 heteroatoms. The van der Waals surface area contributed by atoms with Gasteiger partial charge in [0.05, 0.1) is 6.42 Å². The van der Waals surface area contributed by atoms with Crippen LogP contribution in [0.25, 0.3) is 0 Å². The predicted octanol–water partition coefficient (Wildman–Crippen LogP) is -0.151. The van der Waals surface area contributed by atoms with Crippen LogP contribution in [0.2, 0.25) is 0 Å². The van der Waals surface area contributed by atoms with E-state index in [2.05, 4.69) is 4.98 Å². The average Bonchev–Trinajstić information content (AvgIpc) is 2.04. The second-order valence-corrected chi connectivity index (χ2v) is 2.69. The minimum atomic E-state index is -0.960. The molecule has 0 spiro atoms. The van der Waals surface area contributed by atoms with Crippen molar-refractivity contribution in [2.45, 2.75) is 12.5 Å². The van der Waals surface area contributed by atoms with Gasteiger partial charge in [-0.1, -0.05) is 6.07 Å². The van der Waals surface area contributed by atoms with E-state index in [1.807, 2.05) is 0 Å². The zero-order valence-corrected chi connectivity index (χ0v) is 6.86. The maximum absolute atomic E-state index is 10.7. The maximum Gasteiger partial charge on any atom is 0.305 e. The number of nitrogens with one attached hydrogen (secondary N) is 1. The van der Waals surface area contributed by atoms with Crippen LogP contribution in [0.3, 0.4) is 0 Å². The van der Waals surface area contributed by atoms with Gasteiger partial charge in [0.25, 0.3) is 0 Å². The third-order valence-corrected chi connectivity index (χ3v) is 1.63. The number of pyridine rings is 1. The fourth-order valence-electron chi connectivity index (χ4n) is 0.959. The Balaban J connectivity index is 2.77. The lowest BCUT2D eigenvalue weighted by molar-refractivity contribution is -0.137. The third kappa shape index (κ3) is 2.72. The van der Waals surface area contributed by atoms with Crippen LogP contribution in [0.15, 0.2) is 23.1 Å². The minimum absolute atomic E-state index is 0.147. The van der Waals surface area contributed by atoms with Gasteiger partial charge < -0.3 is 15.8 Å². The number of carboxylic acid groups (broad SMARTS) is 1. The molecule has 0 aliphatic rings. The standard InChI is InChI=1S/C8H10N2O3/c9-6(3-8(12)13)5-1-2-7(11)10-4-5/h1-2,4,6H,3,9H2,(H,10,11)(H,12,13)/t6-/m1/s1. The first-order valence-corrected chi connectivity index (χ1v) is 3.75. The highest BCUT2D eigenvalue weighted by molar-refractivity contribution is 5.67. The Hall–Kier alpha value is -1.62. The predicted molar refractivity (Wildman–Crippen MR) is 46.2 cm³/mol. The van der Waals surface area contributed by atoms with Crippen molar-refractivity contribution in [3.8, 4) is 0 Å². The van der Waals surface area contributed by atoms with Gasteiger partial charge in [-0.25, -0.2) is 0 Å². The molecular weight excluding hydrogens is 172 g/mol. The molecule has 0 radical (unpaired) electrons. The molecular formula is C8H10N2O3. The summed E-state index contributed by atoms with van der Waals surface area (Å²) in [6, 6.07) is 2.26. The summed E-state index contributed by atoms with van der Waals surface area (Å²) in [4.78, 5) is 23.4. The van der Waals surface area contributed by atoms with E-state index < -0.39 is 12.0 Å². The highest BCUT2D eigenvalue weighted by Gasteiger charge is 2.09. The summed E-state index contributed by atoms with van der Waals surface area (Å²) in [5.41, 5.74) is 5.93. The summed E-state index contributed by atoms with van der Waals surface area (Å²) in [5.74, 6) is -0.960. The SMILES string of the molecule is N[C@H](CC(=O)O)c1ccc(=O)[nH]c1. The number of aromatic amines is 1. The summed E-state index contributed by atoms with van der Waals surface area (Å²) in [5, 5.41) is 8.45. The first-order chi connectivity index (χ1) is 6.09. The zero-order valence-electron chi connectivity index (χ0n) is 6.86. The minimum Gasteiger partial charge on any atom is -0.481 e. The lowest BCUT2D eigenvalue weighted by Gasteiger charge is -2.07. The molecule has 0 aliphatic carbocycles. The number of H-pyrrole nitrogens is 1. The second kappa shape index (κ2) is 3.86. The van der Waals surface area contributed by atoms with Crippen LogP contribution in [-0.2, 0) is 4.79 Å². The van der Waals surface area contributed by atoms with Gasteiger partial charge >= 0.3 is 5.97 Å². The summed E-state index contributed by atoms with van der Waals surface area (Å²) in [6.45, 7) is 0. The number of carbonyl (C=O) groups is 1. The largest absolute Gasteiger partial charge is 0.481 e. The Bertz CT molecular complexity index is 338. The summed E-state index contributed by atoms with van der Waals surface area (Å²) in [6.07, 6.45) is 1.28. The molecule has 0 saturated heterocycles. The number of hydrogen-bond acceptors (Lipinski definition) is 3. The highest BCUT2D eigenvalue weighted by atomic mass is 16.4. The van der Waals surface area contributed by atoms with Crippen molar-refractivity contribution in [3.05, 3.63) is 34.2 Å². The molecule has 0 aromatic carbocycles. The smallest absolute Gasteiger partial charge is 0.305 e. The van der Waals surface area contributed by atoms with Gasteiger partial charge in [0.15, 0.2) is 0 Å². The molecule has 1 aromatic rings. The van der Waals surface area contributed by atoms with Crippen molar-refractivity contribution in [2.75, 3.05) is 0 Å². The van der Waals surface area contributed by atoms with Crippen LogP contribution < -0.4 is 11.3 Å². The first-order valence-electron chi connectivity index (χ1n) is 3.75. The van der Waals surface area contributed by atoms with E-state index in [0.717, 1.165) is 0 Å². The molecule has 1 rings (SSSR count). The van der Waals surface area contributed by atoms with E-state index in [-0.39, 0.29) is 12.0 Å². The summed E-state index contributed by atoms with van der Waals surface area (Å²) < 4.78 is 0. The van der Waals surface area contributed by atoms with E-state index >= 15 is 0 Å². The Labute approximate surface area is 74.2 Å². The van der Waals surface area contributed by atoms with Crippen molar-refractivity contribution in [2.24, 2.45) is 5.73 Å². The third-order valence-electron chi connectivity index (χ3n) is 1.63. The van der Waals surface area contributed by atoms with Crippen molar-refractivity contribution < 1.29 is 9.90 Å². The van der Waals surface area contributed by atoms with Crippen LogP contribution in [0.4, 0.5) is 0 Å². The number of aromatic nitrogens is 1. The number of aliphatic carboxylic acids is 1. The number of hydrogen-bond donors (Lipinski definition) is 3. The molecule has 1 atom stereocenters. The molecule has 0 amide bonds. The quantitative estimate of drug-likeness (QED) is 0.605. The maximum atomic E-state index is 10.7. The highest BCUT2D eigenvalue weighted by Crippen LogP contribution is 2.10. The monoisotopic (exact) mass is 182 g/mol. The van der Waals surface area contributed by atoms with E-state index in [1.165, 1.54) is 18.3 Å². The Kier molecular flexibility index (Phi) is 2.81. The molecule has 0 unspecified atom stereocenters. The molecule has 0 aliphatic heterocycles. The fraction of sp³-hybridized carbons (Fsp3) is 0.250. The Morgan fingerprint density at radius 3 is 2.77 bits per heavy atom. The Morgan fingerprint density at radius 2 is 2.31 bits per heavy atom. The van der Waals surface area contributed by atoms with E-state index in [1.54, 1.807) is 0 Å². The van der Waals surface area contributed by atoms with Gasteiger partial charge in [-0.3, -0.25) is 9.59 Å². The zero-order chi connectivity index (χ0) is 9.84. The molecule has 1 aromatic heterocycles. The molecule has 1 heterocycles. The molecule has 0 saturated carbocycles. The Morgan fingerprint density at radius 1 is 1.62 bits per heavy atom. The van der Waals surface area contributed by atoms with E-state index in [4.69, 9.17) is 10.8 Å². The first kappa shape index (κ1) is 9.47. The molecule has 5 nitrogen and oxygen atoms in total. The number of carboxylic acids is 1. The summed E-state index contributed by atoms with van der Waals surface area (Å²) >= 11 is 0. The normalized spacial score (nSPS) is 12.4. The molecule has 0 bridgehead atoms. The van der Waals surface area contributed by atoms with Gasteiger partial charge in [-0.05, 0) is 5.56 Å². The molecule has 4 N–H and O–H groups in total. The van der Waals surface area contributed by atoms with Crippen molar-refractivity contribution in [3.63, 3.8) is 0 Å². The van der Waals surface area contributed by atoms with Gasteiger partial charge in [0.2, 0.25) is 5.56 Å². The van der Waals surface area contributed by atoms with Crippen molar-refractivity contribution >= 4 is 5.97 Å². The van der Waals surface area contributed by atoms with Crippen LogP contribution in [-0.4, -0.2) is 16.1 Å². The van der Waals surface area contributed by atoms with E-state index in [9.17, 15) is 9.59 Å². The van der Waals surface area contributed by atoms with Crippen LogP contribution >= 0.6 is 0 Å². The molecule has 70 valence electrons. The number of nitrogens with two attached hydrogens (primary N) is 1. The lowest BCUT2D eigenvalue weighted by atomic mass is 10.1. The number of rotatable bonds is 3. The summed E-state index contributed by atoms with van der Waals surface area (Å²) in [7, 11) is 0. The van der Waals surface area contributed by atoms with Crippen LogP contribution in [0.5, 0.6) is 0 Å². The fourth-order valence-corrected chi connectivity index (χ4v) is 0.959. The van der Waals surface area contributed by atoms with Gasteiger partial charge in [-0.2, -0.15) is 0 Å². The van der Waals surface area contributed by atoms with Crippen LogP contribution in [0.1, 0.15) is 18.0 Å². The van der Waals surface area contributed by atoms with Crippen molar-refractivity contribution in [1.82, 2.24) is 4.98 Å². The van der Waals surface area contributed by atoms with E-state index in [0.29, 0.717) is 5.56 Å². The van der Waals surface area contributed by atoms with Crippen molar-refractivity contribution in [1.29, 1.82) is 0 Å². The average molecular weight is 182 g/mol. The second-order valence-electron chi connectivity index (χ2n) is 2.69. The van der Waals surface area contributed by atoms with Gasteiger partial charge in [0, 0.05) is 18.3 Å². The topological polar surface area (TPSA) is 96.2 Å². The van der Waals surface area contributed by atoms with Crippen LogP contribution in [0, 0.1) is 0 Å². The van der Waals surface area contributed by atoms with Gasteiger partial charge in [0.1, 0.15) is 0 Å². The van der Waals surface area contributed by atoms with Gasteiger partial charge in [-0.15, -0.1) is 0 Å². The molecule has 13 heavy (non-hydrogen) atoms. The molecule has 0 fully saturated rings.